The third-order valence-corrected chi connectivity index (χ3v) is 4.47. The summed E-state index contributed by atoms with van der Waals surface area (Å²) in [6.45, 7) is 0. The zero-order valence-corrected chi connectivity index (χ0v) is 13.2. The minimum atomic E-state index is -0.457. The first-order chi connectivity index (χ1) is 9.97. The first-order valence-corrected chi connectivity index (χ1v) is 7.24. The first kappa shape index (κ1) is 14.1. The van der Waals surface area contributed by atoms with E-state index >= 15 is 0 Å². The summed E-state index contributed by atoms with van der Waals surface area (Å²) >= 11 is 9.28. The van der Waals surface area contributed by atoms with Crippen LogP contribution in [0.1, 0.15) is 15.9 Å². The van der Waals surface area contributed by atoms with Crippen LogP contribution in [0.25, 0.3) is 11.1 Å². The second-order valence-corrected chi connectivity index (χ2v) is 5.83. The molecule has 0 aliphatic heterocycles. The third-order valence-electron chi connectivity index (χ3n) is 3.24. The summed E-state index contributed by atoms with van der Waals surface area (Å²) in [5.74, 6) is -0.640. The highest BCUT2D eigenvalue weighted by Gasteiger charge is 2.14. The van der Waals surface area contributed by atoms with Crippen LogP contribution in [0.4, 0.5) is 0 Å². The number of hydrogen-bond donors (Lipinski definition) is 0. The van der Waals surface area contributed by atoms with Crippen molar-refractivity contribution < 1.29 is 9.21 Å². The standard InChI is InChI=1S/C15H9BrClNO3/c1-18-12-5-3-9(7-13(12)21-15(18)20)14(19)8-2-4-10(16)11(17)6-8/h2-7H,1H3. The molecule has 21 heavy (non-hydrogen) atoms. The number of rotatable bonds is 2. The molecule has 0 aliphatic carbocycles. The molecule has 3 aromatic rings. The van der Waals surface area contributed by atoms with E-state index in [1.165, 1.54) is 4.57 Å². The van der Waals surface area contributed by atoms with Crippen LogP contribution in [0.3, 0.4) is 0 Å². The molecule has 0 N–H and O–H groups in total. The maximum absolute atomic E-state index is 12.4. The highest BCUT2D eigenvalue weighted by molar-refractivity contribution is 9.10. The molecule has 0 bridgehead atoms. The lowest BCUT2D eigenvalue weighted by atomic mass is 10.0. The molecular weight excluding hydrogens is 358 g/mol. The van der Waals surface area contributed by atoms with Gasteiger partial charge in [0.2, 0.25) is 0 Å². The Balaban J connectivity index is 2.09. The van der Waals surface area contributed by atoms with Crippen LogP contribution in [0, 0.1) is 0 Å². The van der Waals surface area contributed by atoms with E-state index in [9.17, 15) is 9.59 Å². The summed E-state index contributed by atoms with van der Waals surface area (Å²) in [6, 6.07) is 9.91. The van der Waals surface area contributed by atoms with Crippen molar-refractivity contribution in [2.45, 2.75) is 0 Å². The Morgan fingerprint density at radius 1 is 1.19 bits per heavy atom. The molecule has 0 atom stereocenters. The van der Waals surface area contributed by atoms with Crippen LogP contribution in [0.5, 0.6) is 0 Å². The molecule has 0 saturated heterocycles. The lowest BCUT2D eigenvalue weighted by Gasteiger charge is -2.03. The van der Waals surface area contributed by atoms with Crippen molar-refractivity contribution in [2.75, 3.05) is 0 Å². The molecule has 3 rings (SSSR count). The molecular formula is C15H9BrClNO3. The van der Waals surface area contributed by atoms with Crippen LogP contribution in [-0.2, 0) is 7.05 Å². The van der Waals surface area contributed by atoms with Gasteiger partial charge in [0.25, 0.3) is 0 Å². The van der Waals surface area contributed by atoms with E-state index in [2.05, 4.69) is 15.9 Å². The van der Waals surface area contributed by atoms with Gasteiger partial charge < -0.3 is 4.42 Å². The Morgan fingerprint density at radius 2 is 1.86 bits per heavy atom. The monoisotopic (exact) mass is 365 g/mol. The first-order valence-electron chi connectivity index (χ1n) is 6.06. The minimum absolute atomic E-state index is 0.183. The van der Waals surface area contributed by atoms with E-state index < -0.39 is 5.76 Å². The largest absolute Gasteiger partial charge is 0.419 e. The van der Waals surface area contributed by atoms with Gasteiger partial charge in [-0.1, -0.05) is 11.6 Å². The summed E-state index contributed by atoms with van der Waals surface area (Å²) in [7, 11) is 1.62. The van der Waals surface area contributed by atoms with Gasteiger partial charge in [0.05, 0.1) is 10.5 Å². The van der Waals surface area contributed by atoms with E-state index in [-0.39, 0.29) is 5.78 Å². The number of nitrogens with zero attached hydrogens (tertiary/aromatic N) is 1. The second-order valence-electron chi connectivity index (χ2n) is 4.57. The topological polar surface area (TPSA) is 52.2 Å². The smallest absolute Gasteiger partial charge is 0.408 e. The van der Waals surface area contributed by atoms with Gasteiger partial charge in [-0.15, -0.1) is 0 Å². The number of aromatic nitrogens is 1. The number of carbonyl (C=O) groups is 1. The number of ketones is 1. The maximum Gasteiger partial charge on any atom is 0.419 e. The number of benzene rings is 2. The number of oxazole rings is 1. The van der Waals surface area contributed by atoms with Gasteiger partial charge in [0.1, 0.15) is 0 Å². The molecule has 4 nitrogen and oxygen atoms in total. The van der Waals surface area contributed by atoms with Crippen molar-refractivity contribution in [3.63, 3.8) is 0 Å². The summed E-state index contributed by atoms with van der Waals surface area (Å²) in [4.78, 5) is 23.9. The van der Waals surface area contributed by atoms with Crippen LogP contribution < -0.4 is 5.76 Å². The Bertz CT molecular complexity index is 926. The summed E-state index contributed by atoms with van der Waals surface area (Å²) in [6.07, 6.45) is 0. The zero-order chi connectivity index (χ0) is 15.1. The number of aryl methyl sites for hydroxylation is 1. The van der Waals surface area contributed by atoms with Gasteiger partial charge in [-0.25, -0.2) is 4.79 Å². The predicted octanol–water partition coefficient (Wildman–Crippen LogP) is 3.78. The van der Waals surface area contributed by atoms with Crippen LogP contribution in [0.2, 0.25) is 5.02 Å². The number of hydrogen-bond acceptors (Lipinski definition) is 3. The second kappa shape index (κ2) is 5.16. The third kappa shape index (κ3) is 2.43. The minimum Gasteiger partial charge on any atom is -0.408 e. The molecule has 0 unspecified atom stereocenters. The average Bonchev–Trinajstić information content (AvgIpc) is 2.76. The molecule has 0 amide bonds. The van der Waals surface area contributed by atoms with Crippen molar-refractivity contribution in [1.82, 2.24) is 4.57 Å². The van der Waals surface area contributed by atoms with E-state index in [4.69, 9.17) is 16.0 Å². The Hall–Kier alpha value is -1.85. The van der Waals surface area contributed by atoms with E-state index in [1.54, 1.807) is 43.4 Å². The number of fused-ring (bicyclic) bond motifs is 1. The summed E-state index contributed by atoms with van der Waals surface area (Å²) in [5.41, 5.74) is 1.94. The molecule has 2 aromatic carbocycles. The summed E-state index contributed by atoms with van der Waals surface area (Å²) < 4.78 is 7.21. The molecule has 0 radical (unpaired) electrons. The van der Waals surface area contributed by atoms with Gasteiger partial charge in [-0.2, -0.15) is 0 Å². The van der Waals surface area contributed by atoms with Crippen LogP contribution in [0.15, 0.2) is 50.1 Å². The predicted molar refractivity (Wildman–Crippen MR) is 84.0 cm³/mol. The SMILES string of the molecule is Cn1c(=O)oc2cc(C(=O)c3ccc(Br)c(Cl)c3)ccc21. The summed E-state index contributed by atoms with van der Waals surface area (Å²) in [5, 5.41) is 0.466. The Labute approximate surface area is 133 Å². The average molecular weight is 367 g/mol. The lowest BCUT2D eigenvalue weighted by Crippen LogP contribution is -2.08. The van der Waals surface area contributed by atoms with Gasteiger partial charge in [-0.05, 0) is 52.3 Å². The van der Waals surface area contributed by atoms with Gasteiger partial charge >= 0.3 is 5.76 Å². The number of halogens is 2. The van der Waals surface area contributed by atoms with E-state index in [1.807, 2.05) is 0 Å². The van der Waals surface area contributed by atoms with Crippen molar-refractivity contribution >= 4 is 44.4 Å². The van der Waals surface area contributed by atoms with Crippen molar-refractivity contribution in [1.29, 1.82) is 0 Å². The molecule has 106 valence electrons. The van der Waals surface area contributed by atoms with E-state index in [0.29, 0.717) is 27.2 Å². The molecule has 0 saturated carbocycles. The highest BCUT2D eigenvalue weighted by atomic mass is 79.9. The molecule has 1 aromatic heterocycles. The Kier molecular flexibility index (Phi) is 3.47. The fraction of sp³-hybridized carbons (Fsp3) is 0.0667. The quantitative estimate of drug-likeness (QED) is 0.649. The highest BCUT2D eigenvalue weighted by Crippen LogP contribution is 2.25. The van der Waals surface area contributed by atoms with Crippen LogP contribution in [-0.4, -0.2) is 10.4 Å². The lowest BCUT2D eigenvalue weighted by molar-refractivity contribution is 0.103. The molecule has 0 fully saturated rings. The normalized spacial score (nSPS) is 11.0. The fourth-order valence-electron chi connectivity index (χ4n) is 2.08. The molecule has 1 heterocycles. The zero-order valence-electron chi connectivity index (χ0n) is 10.9. The van der Waals surface area contributed by atoms with Crippen molar-refractivity contribution in [2.24, 2.45) is 7.05 Å². The van der Waals surface area contributed by atoms with Gasteiger partial charge in [0, 0.05) is 22.6 Å². The van der Waals surface area contributed by atoms with E-state index in [0.717, 1.165) is 4.47 Å². The fourth-order valence-corrected chi connectivity index (χ4v) is 2.51. The van der Waals surface area contributed by atoms with Gasteiger partial charge in [0.15, 0.2) is 11.4 Å². The molecule has 0 spiro atoms. The maximum atomic E-state index is 12.4. The molecule has 0 aliphatic rings. The van der Waals surface area contributed by atoms with Gasteiger partial charge in [-0.3, -0.25) is 9.36 Å². The number of carbonyl (C=O) groups excluding carboxylic acids is 1. The molecule has 6 heteroatoms. The Morgan fingerprint density at radius 3 is 2.57 bits per heavy atom. The van der Waals surface area contributed by atoms with Crippen LogP contribution >= 0.6 is 27.5 Å². The van der Waals surface area contributed by atoms with Crippen molar-refractivity contribution in [3.05, 3.63) is 67.6 Å². The van der Waals surface area contributed by atoms with Crippen molar-refractivity contribution in [3.8, 4) is 0 Å².